The number of aryl methyl sites for hydroxylation is 1. The van der Waals surface area contributed by atoms with E-state index in [9.17, 15) is 10.1 Å². The second kappa shape index (κ2) is 9.92. The van der Waals surface area contributed by atoms with Gasteiger partial charge in [0.1, 0.15) is 12.4 Å². The molecule has 2 aromatic carbocycles. The molecule has 168 valence electrons. The molecule has 0 radical (unpaired) electrons. The average Bonchev–Trinajstić information content (AvgIpc) is 3.40. The molecule has 0 aliphatic rings. The highest BCUT2D eigenvalue weighted by Gasteiger charge is 2.13. The molecular weight excluding hydrogens is 424 g/mol. The third-order valence-electron chi connectivity index (χ3n) is 5.86. The van der Waals surface area contributed by atoms with Crippen molar-refractivity contribution in [2.45, 2.75) is 27.2 Å². The maximum atomic E-state index is 11.7. The van der Waals surface area contributed by atoms with Gasteiger partial charge in [-0.25, -0.2) is 14.7 Å². The van der Waals surface area contributed by atoms with E-state index in [-0.39, 0.29) is 5.69 Å². The number of pyridine rings is 1. The van der Waals surface area contributed by atoms with Gasteiger partial charge in [0.05, 0.1) is 17.1 Å². The molecule has 7 heteroatoms. The van der Waals surface area contributed by atoms with E-state index in [0.29, 0.717) is 12.1 Å². The fourth-order valence-corrected chi connectivity index (χ4v) is 3.90. The molecule has 4 aromatic rings. The molecule has 2 heterocycles. The first kappa shape index (κ1) is 22.6. The van der Waals surface area contributed by atoms with Crippen LogP contribution < -0.4 is 4.90 Å². The van der Waals surface area contributed by atoms with Crippen LogP contribution in [-0.4, -0.2) is 27.5 Å². The Morgan fingerprint density at radius 3 is 2.56 bits per heavy atom. The molecule has 0 saturated heterocycles. The second-order valence-electron chi connectivity index (χ2n) is 7.99. The maximum absolute atomic E-state index is 11.7. The molecule has 2 aromatic heterocycles. The summed E-state index contributed by atoms with van der Waals surface area (Å²) >= 11 is 0. The normalized spacial score (nSPS) is 10.9. The van der Waals surface area contributed by atoms with Crippen molar-refractivity contribution in [2.24, 2.45) is 4.99 Å². The number of carbonyl (C=O) groups excluding carboxylic acids is 1. The van der Waals surface area contributed by atoms with Crippen molar-refractivity contribution in [1.82, 2.24) is 14.8 Å². The van der Waals surface area contributed by atoms with Crippen LogP contribution in [0.5, 0.6) is 0 Å². The number of hydrogen-bond acceptors (Lipinski definition) is 5. The first-order valence-corrected chi connectivity index (χ1v) is 10.8. The van der Waals surface area contributed by atoms with Gasteiger partial charge in [0.2, 0.25) is 6.41 Å². The Morgan fingerprint density at radius 1 is 1.09 bits per heavy atom. The molecule has 4 rings (SSSR count). The van der Waals surface area contributed by atoms with Crippen molar-refractivity contribution in [2.75, 3.05) is 4.90 Å². The first-order valence-electron chi connectivity index (χ1n) is 10.8. The monoisotopic (exact) mass is 448 g/mol. The van der Waals surface area contributed by atoms with Gasteiger partial charge in [-0.2, -0.15) is 10.4 Å². The summed E-state index contributed by atoms with van der Waals surface area (Å²) < 4.78 is 1.84. The highest BCUT2D eigenvalue weighted by Crippen LogP contribution is 2.30. The van der Waals surface area contributed by atoms with Gasteiger partial charge in [0.15, 0.2) is 5.69 Å². The molecular formula is C27H24N6O. The van der Waals surface area contributed by atoms with Gasteiger partial charge >= 0.3 is 0 Å². The highest BCUT2D eigenvalue weighted by atomic mass is 16.1. The Morgan fingerprint density at radius 2 is 1.88 bits per heavy atom. The zero-order chi connectivity index (χ0) is 24.1. The van der Waals surface area contributed by atoms with Gasteiger partial charge in [-0.3, -0.25) is 9.69 Å². The summed E-state index contributed by atoms with van der Waals surface area (Å²) in [4.78, 5) is 21.6. The molecule has 34 heavy (non-hydrogen) atoms. The SMILES string of the molecule is Cc1cc(Cc2ccc(-n3cccn3)cc2)c(C)c(C)c1N=CN(C=O)c1cccnc1C#N. The Balaban J connectivity index is 1.59. The maximum Gasteiger partial charge on any atom is 0.219 e. The van der Waals surface area contributed by atoms with Crippen LogP contribution in [0.3, 0.4) is 0 Å². The topological polar surface area (TPSA) is 87.2 Å². The number of nitriles is 1. The van der Waals surface area contributed by atoms with Crippen molar-refractivity contribution >= 4 is 24.1 Å². The predicted molar refractivity (Wildman–Crippen MR) is 133 cm³/mol. The Hall–Kier alpha value is -4.57. The molecule has 0 bridgehead atoms. The molecule has 0 atom stereocenters. The Bertz CT molecular complexity index is 1380. The molecule has 1 amide bonds. The zero-order valence-corrected chi connectivity index (χ0v) is 19.3. The first-order chi connectivity index (χ1) is 16.5. The van der Waals surface area contributed by atoms with Crippen molar-refractivity contribution in [3.8, 4) is 11.8 Å². The number of hydrogen-bond donors (Lipinski definition) is 0. The number of aromatic nitrogens is 3. The number of aliphatic imine (C=N–C) groups is 1. The summed E-state index contributed by atoms with van der Waals surface area (Å²) in [6.07, 6.45) is 8.07. The lowest BCUT2D eigenvalue weighted by Gasteiger charge is -2.16. The van der Waals surface area contributed by atoms with Crippen LogP contribution in [0.2, 0.25) is 0 Å². The minimum atomic E-state index is 0.166. The van der Waals surface area contributed by atoms with Gasteiger partial charge in [-0.05, 0) is 85.3 Å². The summed E-state index contributed by atoms with van der Waals surface area (Å²) in [5, 5.41) is 13.6. The van der Waals surface area contributed by atoms with E-state index in [4.69, 9.17) is 0 Å². The zero-order valence-electron chi connectivity index (χ0n) is 19.3. The van der Waals surface area contributed by atoms with E-state index in [0.717, 1.165) is 34.5 Å². The average molecular weight is 449 g/mol. The van der Waals surface area contributed by atoms with Crippen molar-refractivity contribution in [3.05, 3.63) is 101 Å². The molecule has 0 aliphatic heterocycles. The molecule has 0 spiro atoms. The third kappa shape index (κ3) is 4.62. The standard InChI is InChI=1S/C27H24N6O/c1-19-14-23(15-22-7-9-24(10-8-22)33-13-5-12-31-33)20(2)21(3)27(19)30-17-32(18-34)26-6-4-11-29-25(26)16-28/h4-14,17-18H,15H2,1-3H3. The minimum Gasteiger partial charge on any atom is -0.278 e. The second-order valence-corrected chi connectivity index (χ2v) is 7.99. The van der Waals surface area contributed by atoms with Crippen LogP contribution in [-0.2, 0) is 11.2 Å². The van der Waals surface area contributed by atoms with Gasteiger partial charge in [0, 0.05) is 18.6 Å². The van der Waals surface area contributed by atoms with Gasteiger partial charge < -0.3 is 0 Å². The summed E-state index contributed by atoms with van der Waals surface area (Å²) in [6.45, 7) is 6.14. The van der Waals surface area contributed by atoms with Crippen molar-refractivity contribution in [3.63, 3.8) is 0 Å². The lowest BCUT2D eigenvalue weighted by atomic mass is 9.93. The minimum absolute atomic E-state index is 0.166. The number of carbonyl (C=O) groups is 1. The van der Waals surface area contributed by atoms with Crippen LogP contribution in [0, 0.1) is 32.1 Å². The molecule has 0 unspecified atom stereocenters. The van der Waals surface area contributed by atoms with Gasteiger partial charge in [-0.1, -0.05) is 18.2 Å². The fraction of sp³-hybridized carbons (Fsp3) is 0.148. The molecule has 0 fully saturated rings. The van der Waals surface area contributed by atoms with E-state index < -0.39 is 0 Å². The van der Waals surface area contributed by atoms with Crippen molar-refractivity contribution in [1.29, 1.82) is 5.26 Å². The van der Waals surface area contributed by atoms with Crippen LogP contribution in [0.25, 0.3) is 5.69 Å². The van der Waals surface area contributed by atoms with E-state index >= 15 is 0 Å². The van der Waals surface area contributed by atoms with Crippen LogP contribution in [0.1, 0.15) is 33.5 Å². The Labute approximate surface area is 198 Å². The summed E-state index contributed by atoms with van der Waals surface area (Å²) in [5.41, 5.74) is 8.06. The Kier molecular flexibility index (Phi) is 6.60. The number of benzene rings is 2. The summed E-state index contributed by atoms with van der Waals surface area (Å²) in [6, 6.07) is 17.8. The van der Waals surface area contributed by atoms with E-state index in [2.05, 4.69) is 52.3 Å². The number of amides is 1. The third-order valence-corrected chi connectivity index (χ3v) is 5.86. The van der Waals surface area contributed by atoms with E-state index in [1.165, 1.54) is 28.6 Å². The fourth-order valence-electron chi connectivity index (χ4n) is 3.90. The summed E-state index contributed by atoms with van der Waals surface area (Å²) in [5.74, 6) is 0. The predicted octanol–water partition coefficient (Wildman–Crippen LogP) is 4.98. The van der Waals surface area contributed by atoms with Crippen LogP contribution >= 0.6 is 0 Å². The molecule has 0 N–H and O–H groups in total. The number of nitrogens with zero attached hydrogens (tertiary/aromatic N) is 6. The van der Waals surface area contributed by atoms with E-state index in [1.807, 2.05) is 36.9 Å². The van der Waals surface area contributed by atoms with Crippen LogP contribution in [0.15, 0.2) is 72.1 Å². The van der Waals surface area contributed by atoms with Crippen LogP contribution in [0.4, 0.5) is 11.4 Å². The van der Waals surface area contributed by atoms with Gasteiger partial charge in [-0.15, -0.1) is 0 Å². The quantitative estimate of drug-likeness (QED) is 0.227. The van der Waals surface area contributed by atoms with Gasteiger partial charge in [0.25, 0.3) is 0 Å². The summed E-state index contributed by atoms with van der Waals surface area (Å²) in [7, 11) is 0. The van der Waals surface area contributed by atoms with E-state index in [1.54, 1.807) is 18.3 Å². The number of rotatable bonds is 7. The highest BCUT2D eigenvalue weighted by molar-refractivity contribution is 5.99. The molecule has 0 aliphatic carbocycles. The largest absolute Gasteiger partial charge is 0.278 e. The lowest BCUT2D eigenvalue weighted by Crippen LogP contribution is -2.20. The lowest BCUT2D eigenvalue weighted by molar-refractivity contribution is -0.106. The smallest absolute Gasteiger partial charge is 0.219 e. The molecule has 0 saturated carbocycles. The van der Waals surface area contributed by atoms with Crippen molar-refractivity contribution < 1.29 is 4.79 Å². The molecule has 7 nitrogen and oxygen atoms in total. The number of anilines is 1.